The Morgan fingerprint density at radius 2 is 1.95 bits per heavy atom. The standard InChI is InChI=1S/C15H20N2O3S2/c1-9(22(5,19)20)13(18)16-10-6-7-11-12(8-10)21-14(17-11)15(2,3)4/h6-9H,1-5H3,(H,16,18). The lowest BCUT2D eigenvalue weighted by Gasteiger charge is -2.13. The normalized spacial score (nSPS) is 14.0. The summed E-state index contributed by atoms with van der Waals surface area (Å²) in [6.07, 6.45) is 1.05. The van der Waals surface area contributed by atoms with E-state index in [0.29, 0.717) is 5.69 Å². The van der Waals surface area contributed by atoms with Crippen molar-refractivity contribution in [1.29, 1.82) is 0 Å². The molecule has 22 heavy (non-hydrogen) atoms. The monoisotopic (exact) mass is 340 g/mol. The number of anilines is 1. The van der Waals surface area contributed by atoms with Gasteiger partial charge in [-0.15, -0.1) is 11.3 Å². The Kier molecular flexibility index (Phi) is 4.32. The zero-order valence-corrected chi connectivity index (χ0v) is 14.9. The zero-order chi connectivity index (χ0) is 16.7. The molecular formula is C15H20N2O3S2. The Labute approximate surface area is 134 Å². The highest BCUT2D eigenvalue weighted by Gasteiger charge is 2.24. The van der Waals surface area contributed by atoms with Crippen LogP contribution in [0.1, 0.15) is 32.7 Å². The molecule has 0 saturated heterocycles. The Balaban J connectivity index is 2.29. The van der Waals surface area contributed by atoms with Gasteiger partial charge in [0, 0.05) is 17.4 Å². The first-order valence-corrected chi connectivity index (χ1v) is 9.66. The van der Waals surface area contributed by atoms with E-state index < -0.39 is 21.0 Å². The maximum Gasteiger partial charge on any atom is 0.242 e. The number of aromatic nitrogens is 1. The summed E-state index contributed by atoms with van der Waals surface area (Å²) >= 11 is 1.58. The maximum absolute atomic E-state index is 12.0. The lowest BCUT2D eigenvalue weighted by molar-refractivity contribution is -0.115. The van der Waals surface area contributed by atoms with Crippen molar-refractivity contribution < 1.29 is 13.2 Å². The van der Waals surface area contributed by atoms with Crippen molar-refractivity contribution in [1.82, 2.24) is 4.98 Å². The van der Waals surface area contributed by atoms with E-state index >= 15 is 0 Å². The number of thiazole rings is 1. The highest BCUT2D eigenvalue weighted by Crippen LogP contribution is 2.32. The summed E-state index contributed by atoms with van der Waals surface area (Å²) in [4.78, 5) is 16.5. The van der Waals surface area contributed by atoms with Gasteiger partial charge in [-0.05, 0) is 25.1 Å². The van der Waals surface area contributed by atoms with Crippen LogP contribution in [0.4, 0.5) is 5.69 Å². The van der Waals surface area contributed by atoms with Crippen LogP contribution in [-0.4, -0.2) is 30.8 Å². The second-order valence-electron chi connectivity index (χ2n) is 6.41. The van der Waals surface area contributed by atoms with E-state index in [1.54, 1.807) is 17.4 Å². The number of carbonyl (C=O) groups is 1. The predicted octanol–water partition coefficient (Wildman–Crippen LogP) is 2.97. The number of hydrogen-bond donors (Lipinski definition) is 1. The van der Waals surface area contributed by atoms with Crippen molar-refractivity contribution in [3.05, 3.63) is 23.2 Å². The van der Waals surface area contributed by atoms with Gasteiger partial charge < -0.3 is 5.32 Å². The molecule has 0 aliphatic carbocycles. The number of rotatable bonds is 3. The lowest BCUT2D eigenvalue weighted by atomic mass is 9.98. The Morgan fingerprint density at radius 1 is 1.32 bits per heavy atom. The largest absolute Gasteiger partial charge is 0.325 e. The predicted molar refractivity (Wildman–Crippen MR) is 91.3 cm³/mol. The molecular weight excluding hydrogens is 320 g/mol. The Bertz CT molecular complexity index is 817. The van der Waals surface area contributed by atoms with Gasteiger partial charge in [0.05, 0.1) is 15.2 Å². The highest BCUT2D eigenvalue weighted by atomic mass is 32.2. The number of fused-ring (bicyclic) bond motifs is 1. The molecule has 1 amide bonds. The fourth-order valence-electron chi connectivity index (χ4n) is 1.76. The van der Waals surface area contributed by atoms with Crippen LogP contribution in [0.2, 0.25) is 0 Å². The van der Waals surface area contributed by atoms with E-state index in [4.69, 9.17) is 0 Å². The molecule has 1 heterocycles. The van der Waals surface area contributed by atoms with Crippen LogP contribution in [0.25, 0.3) is 10.2 Å². The number of amides is 1. The molecule has 1 aromatic carbocycles. The molecule has 120 valence electrons. The Morgan fingerprint density at radius 3 is 2.50 bits per heavy atom. The zero-order valence-electron chi connectivity index (χ0n) is 13.3. The van der Waals surface area contributed by atoms with Gasteiger partial charge in [0.25, 0.3) is 0 Å². The molecule has 1 aromatic heterocycles. The van der Waals surface area contributed by atoms with Gasteiger partial charge in [0.15, 0.2) is 9.84 Å². The van der Waals surface area contributed by atoms with Crippen LogP contribution >= 0.6 is 11.3 Å². The third-order valence-electron chi connectivity index (χ3n) is 3.31. The van der Waals surface area contributed by atoms with E-state index in [1.165, 1.54) is 6.92 Å². The lowest BCUT2D eigenvalue weighted by Crippen LogP contribution is -2.31. The number of nitrogens with zero attached hydrogens (tertiary/aromatic N) is 1. The van der Waals surface area contributed by atoms with Crippen LogP contribution in [-0.2, 0) is 20.0 Å². The van der Waals surface area contributed by atoms with Crippen LogP contribution in [0.5, 0.6) is 0 Å². The van der Waals surface area contributed by atoms with Crippen LogP contribution < -0.4 is 5.32 Å². The number of sulfone groups is 1. The summed E-state index contributed by atoms with van der Waals surface area (Å²) in [5, 5.41) is 2.60. The van der Waals surface area contributed by atoms with E-state index in [2.05, 4.69) is 31.1 Å². The van der Waals surface area contributed by atoms with E-state index in [9.17, 15) is 13.2 Å². The van der Waals surface area contributed by atoms with E-state index in [1.807, 2.05) is 12.1 Å². The van der Waals surface area contributed by atoms with Crippen molar-refractivity contribution >= 4 is 43.0 Å². The molecule has 0 spiro atoms. The van der Waals surface area contributed by atoms with E-state index in [0.717, 1.165) is 21.5 Å². The summed E-state index contributed by atoms with van der Waals surface area (Å²) in [5.41, 5.74) is 1.43. The molecule has 1 N–H and O–H groups in total. The molecule has 0 aliphatic rings. The fourth-order valence-corrected chi connectivity index (χ4v) is 3.27. The van der Waals surface area contributed by atoms with Gasteiger partial charge in [0.2, 0.25) is 5.91 Å². The van der Waals surface area contributed by atoms with Crippen LogP contribution in [0, 0.1) is 0 Å². The first-order valence-electron chi connectivity index (χ1n) is 6.89. The molecule has 1 unspecified atom stereocenters. The smallest absolute Gasteiger partial charge is 0.242 e. The SMILES string of the molecule is CC(C(=O)Nc1ccc2nc(C(C)(C)C)sc2c1)S(C)(=O)=O. The molecule has 2 rings (SSSR count). The molecule has 0 radical (unpaired) electrons. The number of nitrogens with one attached hydrogen (secondary N) is 1. The summed E-state index contributed by atoms with van der Waals surface area (Å²) in [6, 6.07) is 5.40. The average Bonchev–Trinajstić information content (AvgIpc) is 2.79. The van der Waals surface area contributed by atoms with Gasteiger partial charge in [-0.1, -0.05) is 20.8 Å². The molecule has 1 atom stereocenters. The molecule has 0 bridgehead atoms. The first kappa shape index (κ1) is 16.9. The third kappa shape index (κ3) is 3.64. The minimum absolute atomic E-state index is 0.0299. The summed E-state index contributed by atoms with van der Waals surface area (Å²) < 4.78 is 23.8. The van der Waals surface area contributed by atoms with Crippen LogP contribution in [0.3, 0.4) is 0 Å². The minimum Gasteiger partial charge on any atom is -0.325 e. The van der Waals surface area contributed by atoms with Gasteiger partial charge >= 0.3 is 0 Å². The van der Waals surface area contributed by atoms with Gasteiger partial charge in [-0.25, -0.2) is 13.4 Å². The molecule has 0 fully saturated rings. The topological polar surface area (TPSA) is 76.1 Å². The summed E-state index contributed by atoms with van der Waals surface area (Å²) in [6.45, 7) is 7.68. The number of hydrogen-bond acceptors (Lipinski definition) is 5. The maximum atomic E-state index is 12.0. The average molecular weight is 340 g/mol. The van der Waals surface area contributed by atoms with Crippen molar-refractivity contribution in [3.63, 3.8) is 0 Å². The summed E-state index contributed by atoms with van der Waals surface area (Å²) in [5.74, 6) is -0.526. The molecule has 2 aromatic rings. The molecule has 0 aliphatic heterocycles. The summed E-state index contributed by atoms with van der Waals surface area (Å²) in [7, 11) is -3.40. The second kappa shape index (κ2) is 5.62. The minimum atomic E-state index is -3.40. The first-order chi connectivity index (χ1) is 9.98. The molecule has 7 heteroatoms. The van der Waals surface area contributed by atoms with Crippen LogP contribution in [0.15, 0.2) is 18.2 Å². The van der Waals surface area contributed by atoms with Gasteiger partial charge in [0.1, 0.15) is 5.25 Å². The van der Waals surface area contributed by atoms with E-state index in [-0.39, 0.29) is 5.41 Å². The van der Waals surface area contributed by atoms with Gasteiger partial charge in [-0.3, -0.25) is 4.79 Å². The molecule has 5 nitrogen and oxygen atoms in total. The fraction of sp³-hybridized carbons (Fsp3) is 0.467. The highest BCUT2D eigenvalue weighted by molar-refractivity contribution is 7.92. The van der Waals surface area contributed by atoms with Crippen molar-refractivity contribution in [2.75, 3.05) is 11.6 Å². The van der Waals surface area contributed by atoms with Crippen molar-refractivity contribution in [2.45, 2.75) is 38.4 Å². The quantitative estimate of drug-likeness (QED) is 0.932. The third-order valence-corrected chi connectivity index (χ3v) is 6.25. The molecule has 0 saturated carbocycles. The van der Waals surface area contributed by atoms with Crippen molar-refractivity contribution in [2.24, 2.45) is 0 Å². The Hall–Kier alpha value is -1.47. The number of carbonyl (C=O) groups excluding carboxylic acids is 1. The van der Waals surface area contributed by atoms with Gasteiger partial charge in [-0.2, -0.15) is 0 Å². The number of benzene rings is 1. The second-order valence-corrected chi connectivity index (χ2v) is 9.81. The van der Waals surface area contributed by atoms with Crippen molar-refractivity contribution in [3.8, 4) is 0 Å².